The summed E-state index contributed by atoms with van der Waals surface area (Å²) in [6.45, 7) is 3.60. The van der Waals surface area contributed by atoms with Gasteiger partial charge in [0.15, 0.2) is 0 Å². The Balaban J connectivity index is 2.31. The van der Waals surface area contributed by atoms with E-state index < -0.39 is 0 Å². The molecule has 5 nitrogen and oxygen atoms in total. The van der Waals surface area contributed by atoms with E-state index in [4.69, 9.17) is 0 Å². The van der Waals surface area contributed by atoms with E-state index >= 15 is 0 Å². The second-order valence-corrected chi connectivity index (χ2v) is 4.16. The van der Waals surface area contributed by atoms with E-state index in [0.29, 0.717) is 11.1 Å². The molecule has 1 fully saturated rings. The van der Waals surface area contributed by atoms with Crippen LogP contribution in [0.4, 0.5) is 5.69 Å². The zero-order valence-corrected chi connectivity index (χ0v) is 10.4. The van der Waals surface area contributed by atoms with Crippen LogP contribution in [-0.4, -0.2) is 39.1 Å². The fourth-order valence-corrected chi connectivity index (χ4v) is 2.09. The Morgan fingerprint density at radius 2 is 2.17 bits per heavy atom. The maximum Gasteiger partial charge on any atom is 0.251 e. The Hall–Kier alpha value is -2.06. The van der Waals surface area contributed by atoms with Gasteiger partial charge in [-0.1, -0.05) is 0 Å². The van der Waals surface area contributed by atoms with Gasteiger partial charge in [0.05, 0.1) is 11.3 Å². The molecule has 18 heavy (non-hydrogen) atoms. The largest absolute Gasteiger partial charge is 0.368 e. The Kier molecular flexibility index (Phi) is 3.80. The second kappa shape index (κ2) is 5.52. The van der Waals surface area contributed by atoms with Crippen molar-refractivity contribution in [2.24, 2.45) is 0 Å². The average Bonchev–Trinajstić information content (AvgIpc) is 2.46. The Bertz CT molecular complexity index is 486. The predicted molar refractivity (Wildman–Crippen MR) is 69.6 cm³/mol. The van der Waals surface area contributed by atoms with Crippen LogP contribution in [0.1, 0.15) is 15.9 Å². The lowest BCUT2D eigenvalue weighted by atomic mass is 10.1. The molecule has 1 saturated heterocycles. The molecule has 2 N–H and O–H groups in total. The predicted octanol–water partition coefficient (Wildman–Crippen LogP) is 0.327. The highest BCUT2D eigenvalue weighted by Crippen LogP contribution is 2.21. The SMILES string of the molecule is CNC(=O)c1ccc(N2CCNCC2)c(C#N)c1. The summed E-state index contributed by atoms with van der Waals surface area (Å²) in [5.74, 6) is -0.168. The first-order valence-corrected chi connectivity index (χ1v) is 5.98. The van der Waals surface area contributed by atoms with Crippen molar-refractivity contribution in [1.29, 1.82) is 5.26 Å². The lowest BCUT2D eigenvalue weighted by molar-refractivity contribution is 0.0963. The van der Waals surface area contributed by atoms with Crippen molar-refractivity contribution in [3.8, 4) is 6.07 Å². The number of anilines is 1. The van der Waals surface area contributed by atoms with Crippen LogP contribution in [0.25, 0.3) is 0 Å². The van der Waals surface area contributed by atoms with Gasteiger partial charge >= 0.3 is 0 Å². The van der Waals surface area contributed by atoms with E-state index in [1.54, 1.807) is 19.2 Å². The van der Waals surface area contributed by atoms with Gasteiger partial charge in [-0.05, 0) is 18.2 Å². The molecule has 0 aliphatic carbocycles. The third kappa shape index (κ3) is 2.44. The summed E-state index contributed by atoms with van der Waals surface area (Å²) in [5.41, 5.74) is 1.98. The fourth-order valence-electron chi connectivity index (χ4n) is 2.09. The highest BCUT2D eigenvalue weighted by atomic mass is 16.1. The number of carbonyl (C=O) groups excluding carboxylic acids is 1. The summed E-state index contributed by atoms with van der Waals surface area (Å²) in [5, 5.41) is 15.0. The summed E-state index contributed by atoms with van der Waals surface area (Å²) >= 11 is 0. The number of hydrogen-bond acceptors (Lipinski definition) is 4. The standard InChI is InChI=1S/C13H16N4O/c1-15-13(18)10-2-3-12(11(8-10)9-14)17-6-4-16-5-7-17/h2-3,8,16H,4-7H2,1H3,(H,15,18). The first kappa shape index (κ1) is 12.4. The molecule has 0 spiro atoms. The van der Waals surface area contributed by atoms with Crippen LogP contribution in [0.5, 0.6) is 0 Å². The Morgan fingerprint density at radius 1 is 1.44 bits per heavy atom. The van der Waals surface area contributed by atoms with Crippen LogP contribution in [-0.2, 0) is 0 Å². The number of nitriles is 1. The van der Waals surface area contributed by atoms with Gasteiger partial charge in [0.25, 0.3) is 5.91 Å². The molecule has 1 aromatic carbocycles. The minimum absolute atomic E-state index is 0.168. The molecule has 0 radical (unpaired) electrons. The molecule has 1 aromatic rings. The van der Waals surface area contributed by atoms with Gasteiger partial charge < -0.3 is 15.5 Å². The van der Waals surface area contributed by atoms with E-state index in [0.717, 1.165) is 31.9 Å². The minimum atomic E-state index is -0.168. The molecule has 1 amide bonds. The number of piperazine rings is 1. The van der Waals surface area contributed by atoms with Crippen LogP contribution in [0, 0.1) is 11.3 Å². The van der Waals surface area contributed by atoms with E-state index in [1.165, 1.54) is 0 Å². The van der Waals surface area contributed by atoms with Crippen molar-refractivity contribution in [2.45, 2.75) is 0 Å². The van der Waals surface area contributed by atoms with E-state index in [-0.39, 0.29) is 5.91 Å². The van der Waals surface area contributed by atoms with Crippen molar-refractivity contribution in [2.75, 3.05) is 38.1 Å². The molecule has 1 aliphatic rings. The topological polar surface area (TPSA) is 68.2 Å². The number of hydrogen-bond donors (Lipinski definition) is 2. The van der Waals surface area contributed by atoms with Crippen LogP contribution in [0.3, 0.4) is 0 Å². The van der Waals surface area contributed by atoms with Gasteiger partial charge in [0, 0.05) is 38.8 Å². The maximum absolute atomic E-state index is 11.5. The zero-order chi connectivity index (χ0) is 13.0. The number of nitrogens with zero attached hydrogens (tertiary/aromatic N) is 2. The summed E-state index contributed by atoms with van der Waals surface area (Å²) in [6.07, 6.45) is 0. The fraction of sp³-hybridized carbons (Fsp3) is 0.385. The number of benzene rings is 1. The molecule has 5 heteroatoms. The monoisotopic (exact) mass is 244 g/mol. The maximum atomic E-state index is 11.5. The van der Waals surface area contributed by atoms with Gasteiger partial charge in [-0.2, -0.15) is 5.26 Å². The Labute approximate surface area is 106 Å². The van der Waals surface area contributed by atoms with Crippen molar-refractivity contribution in [3.05, 3.63) is 29.3 Å². The van der Waals surface area contributed by atoms with Gasteiger partial charge in [0.1, 0.15) is 6.07 Å². The number of amides is 1. The molecule has 0 unspecified atom stereocenters. The molecule has 94 valence electrons. The first-order chi connectivity index (χ1) is 8.76. The summed E-state index contributed by atoms with van der Waals surface area (Å²) in [7, 11) is 1.58. The van der Waals surface area contributed by atoms with E-state index in [1.807, 2.05) is 6.07 Å². The lowest BCUT2D eigenvalue weighted by Gasteiger charge is -2.30. The molecular weight excluding hydrogens is 228 g/mol. The molecule has 2 rings (SSSR count). The first-order valence-electron chi connectivity index (χ1n) is 5.98. The van der Waals surface area contributed by atoms with Crippen LogP contribution in [0.2, 0.25) is 0 Å². The van der Waals surface area contributed by atoms with Gasteiger partial charge in [-0.25, -0.2) is 0 Å². The highest BCUT2D eigenvalue weighted by molar-refractivity contribution is 5.95. The van der Waals surface area contributed by atoms with Crippen molar-refractivity contribution >= 4 is 11.6 Å². The summed E-state index contributed by atoms with van der Waals surface area (Å²) in [6, 6.07) is 7.44. The third-order valence-electron chi connectivity index (χ3n) is 3.06. The Morgan fingerprint density at radius 3 is 2.78 bits per heavy atom. The van der Waals surface area contributed by atoms with Crippen molar-refractivity contribution in [3.63, 3.8) is 0 Å². The number of carbonyl (C=O) groups is 1. The van der Waals surface area contributed by atoms with Gasteiger partial charge in [0.2, 0.25) is 0 Å². The second-order valence-electron chi connectivity index (χ2n) is 4.16. The average molecular weight is 244 g/mol. The van der Waals surface area contributed by atoms with Crippen molar-refractivity contribution in [1.82, 2.24) is 10.6 Å². The van der Waals surface area contributed by atoms with E-state index in [2.05, 4.69) is 21.6 Å². The van der Waals surface area contributed by atoms with Crippen LogP contribution >= 0.6 is 0 Å². The van der Waals surface area contributed by atoms with Crippen LogP contribution in [0.15, 0.2) is 18.2 Å². The van der Waals surface area contributed by atoms with Gasteiger partial charge in [-0.15, -0.1) is 0 Å². The number of nitrogens with one attached hydrogen (secondary N) is 2. The molecular formula is C13H16N4O. The summed E-state index contributed by atoms with van der Waals surface area (Å²) in [4.78, 5) is 13.7. The summed E-state index contributed by atoms with van der Waals surface area (Å²) < 4.78 is 0. The van der Waals surface area contributed by atoms with E-state index in [9.17, 15) is 10.1 Å². The molecule has 0 aromatic heterocycles. The van der Waals surface area contributed by atoms with Gasteiger partial charge in [-0.3, -0.25) is 4.79 Å². The molecule has 0 saturated carbocycles. The third-order valence-corrected chi connectivity index (χ3v) is 3.06. The minimum Gasteiger partial charge on any atom is -0.368 e. The highest BCUT2D eigenvalue weighted by Gasteiger charge is 2.15. The zero-order valence-electron chi connectivity index (χ0n) is 10.4. The molecule has 1 heterocycles. The smallest absolute Gasteiger partial charge is 0.251 e. The lowest BCUT2D eigenvalue weighted by Crippen LogP contribution is -2.43. The van der Waals surface area contributed by atoms with Crippen LogP contribution < -0.4 is 15.5 Å². The molecule has 0 atom stereocenters. The molecule has 1 aliphatic heterocycles. The number of rotatable bonds is 2. The molecule has 0 bridgehead atoms. The van der Waals surface area contributed by atoms with Crippen molar-refractivity contribution < 1.29 is 4.79 Å². The normalized spacial score (nSPS) is 15.0. The quantitative estimate of drug-likeness (QED) is 0.786.